The minimum absolute atomic E-state index is 0.0524. The summed E-state index contributed by atoms with van der Waals surface area (Å²) in [5.41, 5.74) is 8.16. The predicted octanol–water partition coefficient (Wildman–Crippen LogP) is 1.64. The standard InChI is InChI=1S/C15H20N4O/c1-11-5-3-4-6-13(11)12(2)18-15(20)14-9-19(8-7-16)10-17-14/h3-6,9-10,12H,7-8,16H2,1-2H3,(H,18,20)/t12-/m1/s1. The van der Waals surface area contributed by atoms with Crippen molar-refractivity contribution < 1.29 is 4.79 Å². The quantitative estimate of drug-likeness (QED) is 0.869. The second-order valence-corrected chi connectivity index (χ2v) is 4.84. The van der Waals surface area contributed by atoms with E-state index in [-0.39, 0.29) is 11.9 Å². The van der Waals surface area contributed by atoms with Crippen molar-refractivity contribution in [3.8, 4) is 0 Å². The first-order valence-electron chi connectivity index (χ1n) is 6.70. The van der Waals surface area contributed by atoms with Gasteiger partial charge in [-0.15, -0.1) is 0 Å². The van der Waals surface area contributed by atoms with Crippen LogP contribution in [0.1, 0.15) is 34.6 Å². The van der Waals surface area contributed by atoms with Gasteiger partial charge in [0.05, 0.1) is 12.4 Å². The lowest BCUT2D eigenvalue weighted by molar-refractivity contribution is 0.0935. The molecule has 1 aromatic heterocycles. The molecule has 5 heteroatoms. The summed E-state index contributed by atoms with van der Waals surface area (Å²) in [5.74, 6) is -0.170. The van der Waals surface area contributed by atoms with Crippen molar-refractivity contribution in [2.24, 2.45) is 5.73 Å². The van der Waals surface area contributed by atoms with Crippen LogP contribution in [0.2, 0.25) is 0 Å². The Morgan fingerprint density at radius 2 is 2.20 bits per heavy atom. The number of nitrogens with two attached hydrogens (primary N) is 1. The average molecular weight is 272 g/mol. The number of carbonyl (C=O) groups excluding carboxylic acids is 1. The van der Waals surface area contributed by atoms with Crippen molar-refractivity contribution in [2.45, 2.75) is 26.4 Å². The highest BCUT2D eigenvalue weighted by atomic mass is 16.1. The number of aromatic nitrogens is 2. The Labute approximate surface area is 118 Å². The fourth-order valence-corrected chi connectivity index (χ4v) is 2.17. The van der Waals surface area contributed by atoms with Gasteiger partial charge in [0.25, 0.3) is 5.91 Å². The molecule has 5 nitrogen and oxygen atoms in total. The lowest BCUT2D eigenvalue weighted by atomic mass is 10.0. The third-order valence-corrected chi connectivity index (χ3v) is 3.26. The van der Waals surface area contributed by atoms with Gasteiger partial charge in [0, 0.05) is 19.3 Å². The molecule has 1 heterocycles. The van der Waals surface area contributed by atoms with Crippen molar-refractivity contribution >= 4 is 5.91 Å². The van der Waals surface area contributed by atoms with Crippen molar-refractivity contribution in [1.82, 2.24) is 14.9 Å². The number of nitrogens with zero attached hydrogens (tertiary/aromatic N) is 2. The van der Waals surface area contributed by atoms with Gasteiger partial charge in [-0.05, 0) is 25.0 Å². The van der Waals surface area contributed by atoms with Crippen LogP contribution >= 0.6 is 0 Å². The molecule has 0 aliphatic carbocycles. The van der Waals surface area contributed by atoms with Crippen molar-refractivity contribution in [2.75, 3.05) is 6.54 Å². The van der Waals surface area contributed by atoms with Crippen molar-refractivity contribution in [1.29, 1.82) is 0 Å². The molecule has 0 unspecified atom stereocenters. The topological polar surface area (TPSA) is 72.9 Å². The number of hydrogen-bond donors (Lipinski definition) is 2. The number of rotatable bonds is 5. The number of nitrogens with one attached hydrogen (secondary N) is 1. The number of hydrogen-bond acceptors (Lipinski definition) is 3. The minimum Gasteiger partial charge on any atom is -0.344 e. The largest absolute Gasteiger partial charge is 0.344 e. The zero-order chi connectivity index (χ0) is 14.5. The van der Waals surface area contributed by atoms with Gasteiger partial charge in [-0.1, -0.05) is 24.3 Å². The highest BCUT2D eigenvalue weighted by Gasteiger charge is 2.14. The Balaban J connectivity index is 2.05. The van der Waals surface area contributed by atoms with Gasteiger partial charge in [0.1, 0.15) is 5.69 Å². The van der Waals surface area contributed by atoms with E-state index in [1.807, 2.05) is 42.7 Å². The molecule has 1 aromatic carbocycles. The molecule has 0 aliphatic heterocycles. The maximum Gasteiger partial charge on any atom is 0.271 e. The summed E-state index contributed by atoms with van der Waals surface area (Å²) < 4.78 is 1.81. The van der Waals surface area contributed by atoms with Gasteiger partial charge in [0.15, 0.2) is 0 Å². The Morgan fingerprint density at radius 3 is 2.90 bits per heavy atom. The van der Waals surface area contributed by atoms with E-state index in [9.17, 15) is 4.79 Å². The molecule has 0 radical (unpaired) electrons. The molecule has 3 N–H and O–H groups in total. The highest BCUT2D eigenvalue weighted by molar-refractivity contribution is 5.92. The zero-order valence-corrected chi connectivity index (χ0v) is 11.8. The monoisotopic (exact) mass is 272 g/mol. The summed E-state index contributed by atoms with van der Waals surface area (Å²) >= 11 is 0. The van der Waals surface area contributed by atoms with Crippen LogP contribution in [0.15, 0.2) is 36.8 Å². The molecule has 0 saturated carbocycles. The van der Waals surface area contributed by atoms with Gasteiger partial charge in [-0.25, -0.2) is 4.98 Å². The van der Waals surface area contributed by atoms with Crippen LogP contribution in [0.5, 0.6) is 0 Å². The second-order valence-electron chi connectivity index (χ2n) is 4.84. The van der Waals surface area contributed by atoms with Crippen LogP contribution in [-0.2, 0) is 6.54 Å². The summed E-state index contributed by atoms with van der Waals surface area (Å²) in [5, 5.41) is 2.96. The summed E-state index contributed by atoms with van der Waals surface area (Å²) in [4.78, 5) is 16.2. The van der Waals surface area contributed by atoms with Crippen LogP contribution in [-0.4, -0.2) is 22.0 Å². The lowest BCUT2D eigenvalue weighted by Gasteiger charge is -2.15. The van der Waals surface area contributed by atoms with E-state index >= 15 is 0 Å². The maximum absolute atomic E-state index is 12.1. The molecule has 1 amide bonds. The number of aryl methyl sites for hydroxylation is 1. The normalized spacial score (nSPS) is 12.2. The minimum atomic E-state index is -0.170. The van der Waals surface area contributed by atoms with Gasteiger partial charge in [-0.3, -0.25) is 4.79 Å². The molecule has 1 atom stereocenters. The van der Waals surface area contributed by atoms with E-state index < -0.39 is 0 Å². The van der Waals surface area contributed by atoms with Gasteiger partial charge in [0.2, 0.25) is 0 Å². The van der Waals surface area contributed by atoms with Crippen LogP contribution < -0.4 is 11.1 Å². The number of carbonyl (C=O) groups is 1. The Bertz CT molecular complexity index is 591. The molecule has 20 heavy (non-hydrogen) atoms. The van der Waals surface area contributed by atoms with Crippen LogP contribution in [0, 0.1) is 6.92 Å². The van der Waals surface area contributed by atoms with Crippen molar-refractivity contribution in [3.63, 3.8) is 0 Å². The van der Waals surface area contributed by atoms with Gasteiger partial charge < -0.3 is 15.6 Å². The van der Waals surface area contributed by atoms with E-state index in [0.29, 0.717) is 18.8 Å². The first-order valence-corrected chi connectivity index (χ1v) is 6.70. The summed E-state index contributed by atoms with van der Waals surface area (Å²) in [7, 11) is 0. The summed E-state index contributed by atoms with van der Waals surface area (Å²) in [6, 6.07) is 7.97. The van der Waals surface area contributed by atoms with E-state index in [2.05, 4.69) is 10.3 Å². The summed E-state index contributed by atoms with van der Waals surface area (Å²) in [6.45, 7) is 5.19. The van der Waals surface area contributed by atoms with Crippen molar-refractivity contribution in [3.05, 3.63) is 53.6 Å². The zero-order valence-electron chi connectivity index (χ0n) is 11.8. The molecule has 106 valence electrons. The smallest absolute Gasteiger partial charge is 0.271 e. The van der Waals surface area contributed by atoms with Gasteiger partial charge in [-0.2, -0.15) is 0 Å². The van der Waals surface area contributed by atoms with E-state index in [4.69, 9.17) is 5.73 Å². The Hall–Kier alpha value is -2.14. The summed E-state index contributed by atoms with van der Waals surface area (Å²) in [6.07, 6.45) is 3.34. The maximum atomic E-state index is 12.1. The third-order valence-electron chi connectivity index (χ3n) is 3.26. The predicted molar refractivity (Wildman–Crippen MR) is 78.3 cm³/mol. The molecule has 0 fully saturated rings. The van der Waals surface area contributed by atoms with E-state index in [1.54, 1.807) is 12.5 Å². The van der Waals surface area contributed by atoms with Crippen LogP contribution in [0.4, 0.5) is 0 Å². The third kappa shape index (κ3) is 3.24. The second kappa shape index (κ2) is 6.34. The molecule has 0 bridgehead atoms. The Kier molecular flexibility index (Phi) is 4.53. The molecular formula is C15H20N4O. The SMILES string of the molecule is Cc1ccccc1[C@@H](C)NC(=O)c1cn(CCN)cn1. The number of benzene rings is 1. The van der Waals surface area contributed by atoms with Crippen LogP contribution in [0.3, 0.4) is 0 Å². The fourth-order valence-electron chi connectivity index (χ4n) is 2.17. The van der Waals surface area contributed by atoms with Gasteiger partial charge >= 0.3 is 0 Å². The first kappa shape index (κ1) is 14.3. The van der Waals surface area contributed by atoms with Crippen LogP contribution in [0.25, 0.3) is 0 Å². The number of imidazole rings is 1. The molecular weight excluding hydrogens is 252 g/mol. The van der Waals surface area contributed by atoms with E-state index in [1.165, 1.54) is 0 Å². The molecule has 0 aliphatic rings. The average Bonchev–Trinajstić information content (AvgIpc) is 2.88. The fraction of sp³-hybridized carbons (Fsp3) is 0.333. The Morgan fingerprint density at radius 1 is 1.45 bits per heavy atom. The number of amides is 1. The first-order chi connectivity index (χ1) is 9.61. The molecule has 0 spiro atoms. The van der Waals surface area contributed by atoms with E-state index in [0.717, 1.165) is 11.1 Å². The highest BCUT2D eigenvalue weighted by Crippen LogP contribution is 2.16. The molecule has 0 saturated heterocycles. The lowest BCUT2D eigenvalue weighted by Crippen LogP contribution is -2.27. The molecule has 2 rings (SSSR count). The molecule has 2 aromatic rings.